The molecule has 0 fully saturated rings. The molecule has 11 nitrogen and oxygen atoms in total. The lowest BCUT2D eigenvalue weighted by molar-refractivity contribution is -0.403. The quantitative estimate of drug-likeness (QED) is 0.286. The molecule has 0 aromatic carbocycles. The highest BCUT2D eigenvalue weighted by Crippen LogP contribution is 2.09. The molecule has 2 rings (SSSR count). The van der Waals surface area contributed by atoms with E-state index in [4.69, 9.17) is 28.9 Å². The second-order valence-corrected chi connectivity index (χ2v) is 7.77. The van der Waals surface area contributed by atoms with Crippen molar-refractivity contribution in [1.82, 2.24) is 20.2 Å². The summed E-state index contributed by atoms with van der Waals surface area (Å²) in [5, 5.41) is 24.5. The second-order valence-electron chi connectivity index (χ2n) is 6.99. The first kappa shape index (κ1) is 27.8. The van der Waals surface area contributed by atoms with Crippen LogP contribution in [0.2, 0.25) is 10.3 Å². The highest BCUT2D eigenvalue weighted by atomic mass is 35.5. The third kappa shape index (κ3) is 13.7. The van der Waals surface area contributed by atoms with Crippen molar-refractivity contribution in [2.45, 2.75) is 12.8 Å². The lowest BCUT2D eigenvalue weighted by Gasteiger charge is -2.12. The van der Waals surface area contributed by atoms with Crippen LogP contribution in [0, 0.1) is 20.2 Å². The standard InChI is InChI=1S/C12H17ClN4O2.C8H8ClN3O2/c1-16(2)6-5-14-11(9-17(18)19)7-10-3-4-12(13)15-8-10;9-8-2-1-6(4-11-8)3-7(10)5-12(13)14/h3-4,8-9,14H,5-7H2,1-2H3;1-2,4-5H,3,10H2/b11-9-;7-5-. The number of nitrogens with two attached hydrogens (primary N) is 1. The SMILES string of the molecule is CN(C)CCN/C(=C\[N+](=O)[O-])Cc1ccc(Cl)nc1.N/C(=C\[N+](=O)[O-])Cc1ccc(Cl)nc1. The van der Waals surface area contributed by atoms with E-state index < -0.39 is 9.85 Å². The number of hydrogen-bond donors (Lipinski definition) is 2. The van der Waals surface area contributed by atoms with Gasteiger partial charge in [0.15, 0.2) is 0 Å². The maximum atomic E-state index is 10.6. The third-order valence-electron chi connectivity index (χ3n) is 3.82. The Labute approximate surface area is 201 Å². The molecule has 33 heavy (non-hydrogen) atoms. The molecule has 0 saturated carbocycles. The van der Waals surface area contributed by atoms with Gasteiger partial charge < -0.3 is 16.0 Å². The van der Waals surface area contributed by atoms with Crippen molar-refractivity contribution in [3.63, 3.8) is 0 Å². The van der Waals surface area contributed by atoms with Gasteiger partial charge in [0.1, 0.15) is 10.3 Å². The molecule has 0 radical (unpaired) electrons. The molecule has 2 heterocycles. The first-order chi connectivity index (χ1) is 15.5. The molecular formula is C20H25Cl2N7O4. The van der Waals surface area contributed by atoms with Gasteiger partial charge >= 0.3 is 0 Å². The third-order valence-corrected chi connectivity index (χ3v) is 4.27. The van der Waals surface area contributed by atoms with Gasteiger partial charge in [-0.25, -0.2) is 9.97 Å². The van der Waals surface area contributed by atoms with Crippen LogP contribution >= 0.6 is 23.2 Å². The molecule has 0 aliphatic carbocycles. The zero-order valence-corrected chi connectivity index (χ0v) is 19.7. The van der Waals surface area contributed by atoms with Crippen LogP contribution in [0.25, 0.3) is 0 Å². The van der Waals surface area contributed by atoms with E-state index in [0.29, 0.717) is 35.4 Å². The fourth-order valence-electron chi connectivity index (χ4n) is 2.38. The molecule has 0 unspecified atom stereocenters. The number of likely N-dealkylation sites (N-methyl/N-ethyl adjacent to an activating group) is 1. The molecular weight excluding hydrogens is 473 g/mol. The molecule has 0 saturated heterocycles. The molecule has 0 aliphatic rings. The average Bonchev–Trinajstić information content (AvgIpc) is 2.70. The van der Waals surface area contributed by atoms with Gasteiger partial charge in [-0.05, 0) is 37.4 Å². The fourth-order valence-corrected chi connectivity index (χ4v) is 2.60. The van der Waals surface area contributed by atoms with Crippen molar-refractivity contribution in [1.29, 1.82) is 0 Å². The van der Waals surface area contributed by atoms with Gasteiger partial charge in [-0.1, -0.05) is 35.3 Å². The Morgan fingerprint density at radius 1 is 1.00 bits per heavy atom. The Balaban J connectivity index is 0.000000346. The van der Waals surface area contributed by atoms with Crippen LogP contribution < -0.4 is 11.1 Å². The molecule has 0 spiro atoms. The Morgan fingerprint density at radius 3 is 1.94 bits per heavy atom. The van der Waals surface area contributed by atoms with Gasteiger partial charge in [0, 0.05) is 38.3 Å². The van der Waals surface area contributed by atoms with E-state index in [0.717, 1.165) is 30.1 Å². The summed E-state index contributed by atoms with van der Waals surface area (Å²) in [6, 6.07) is 6.80. The predicted octanol–water partition coefficient (Wildman–Crippen LogP) is 2.90. The number of aromatic nitrogens is 2. The van der Waals surface area contributed by atoms with Gasteiger partial charge in [0.25, 0.3) is 12.4 Å². The monoisotopic (exact) mass is 497 g/mol. The van der Waals surface area contributed by atoms with E-state index in [2.05, 4.69) is 15.3 Å². The number of nitrogens with one attached hydrogen (secondary N) is 1. The first-order valence-electron chi connectivity index (χ1n) is 9.58. The summed E-state index contributed by atoms with van der Waals surface area (Å²) in [5.74, 6) is 0. The zero-order valence-electron chi connectivity index (χ0n) is 18.1. The summed E-state index contributed by atoms with van der Waals surface area (Å²) in [5.41, 5.74) is 7.79. The highest BCUT2D eigenvalue weighted by Gasteiger charge is 2.05. The molecule has 13 heteroatoms. The summed E-state index contributed by atoms with van der Waals surface area (Å²) < 4.78 is 0. The normalized spacial score (nSPS) is 11.5. The van der Waals surface area contributed by atoms with Crippen molar-refractivity contribution in [2.24, 2.45) is 5.73 Å². The van der Waals surface area contributed by atoms with Crippen molar-refractivity contribution in [3.05, 3.63) is 102 Å². The zero-order chi connectivity index (χ0) is 24.8. The van der Waals surface area contributed by atoms with Crippen molar-refractivity contribution < 1.29 is 9.85 Å². The van der Waals surface area contributed by atoms with Crippen LogP contribution in [-0.2, 0) is 12.8 Å². The minimum atomic E-state index is -0.585. The largest absolute Gasteiger partial charge is 0.397 e. The Morgan fingerprint density at radius 2 is 1.52 bits per heavy atom. The molecule has 3 N–H and O–H groups in total. The predicted molar refractivity (Wildman–Crippen MR) is 127 cm³/mol. The lowest BCUT2D eigenvalue weighted by Crippen LogP contribution is -2.27. The van der Waals surface area contributed by atoms with Crippen LogP contribution in [0.15, 0.2) is 60.5 Å². The van der Waals surface area contributed by atoms with E-state index in [1.54, 1.807) is 30.5 Å². The van der Waals surface area contributed by atoms with Crippen LogP contribution in [0.3, 0.4) is 0 Å². The summed E-state index contributed by atoms with van der Waals surface area (Å²) in [6.07, 6.45) is 5.63. The summed E-state index contributed by atoms with van der Waals surface area (Å²) in [7, 11) is 3.89. The minimum absolute atomic E-state index is 0.180. The van der Waals surface area contributed by atoms with Crippen molar-refractivity contribution in [3.8, 4) is 0 Å². The van der Waals surface area contributed by atoms with E-state index >= 15 is 0 Å². The number of allylic oxidation sites excluding steroid dienone is 2. The van der Waals surface area contributed by atoms with Gasteiger partial charge in [-0.3, -0.25) is 20.2 Å². The Bertz CT molecular complexity index is 965. The number of nitrogens with zero attached hydrogens (tertiary/aromatic N) is 5. The van der Waals surface area contributed by atoms with E-state index in [1.165, 1.54) is 6.20 Å². The number of nitro groups is 2. The molecule has 2 aromatic heterocycles. The Kier molecular flexibility index (Phi) is 12.4. The van der Waals surface area contributed by atoms with Gasteiger partial charge in [0.05, 0.1) is 21.2 Å². The number of pyridine rings is 2. The van der Waals surface area contributed by atoms with E-state index in [9.17, 15) is 20.2 Å². The molecule has 0 atom stereocenters. The number of rotatable bonds is 10. The van der Waals surface area contributed by atoms with Crippen molar-refractivity contribution in [2.75, 3.05) is 27.2 Å². The van der Waals surface area contributed by atoms with Gasteiger partial charge in [0.2, 0.25) is 0 Å². The smallest absolute Gasteiger partial charge is 0.253 e. The minimum Gasteiger partial charge on any atom is -0.397 e. The fraction of sp³-hybridized carbons (Fsp3) is 0.300. The van der Waals surface area contributed by atoms with Crippen LogP contribution in [0.4, 0.5) is 0 Å². The first-order valence-corrected chi connectivity index (χ1v) is 10.3. The van der Waals surface area contributed by atoms with Crippen LogP contribution in [-0.4, -0.2) is 51.9 Å². The molecule has 0 bridgehead atoms. The summed E-state index contributed by atoms with van der Waals surface area (Å²) >= 11 is 11.3. The van der Waals surface area contributed by atoms with Crippen molar-refractivity contribution >= 4 is 23.2 Å². The highest BCUT2D eigenvalue weighted by molar-refractivity contribution is 6.29. The maximum Gasteiger partial charge on any atom is 0.253 e. The molecule has 2 aromatic rings. The van der Waals surface area contributed by atoms with Gasteiger partial charge in [-0.2, -0.15) is 0 Å². The number of hydrogen-bond acceptors (Lipinski definition) is 9. The topological polar surface area (TPSA) is 153 Å². The van der Waals surface area contributed by atoms with E-state index in [1.807, 2.05) is 19.0 Å². The van der Waals surface area contributed by atoms with Gasteiger partial charge in [-0.15, -0.1) is 0 Å². The number of halogens is 2. The second kappa shape index (κ2) is 14.7. The summed E-state index contributed by atoms with van der Waals surface area (Å²) in [4.78, 5) is 29.4. The maximum absolute atomic E-state index is 10.6. The molecule has 178 valence electrons. The summed E-state index contributed by atoms with van der Waals surface area (Å²) in [6.45, 7) is 1.45. The molecule has 0 amide bonds. The molecule has 0 aliphatic heterocycles. The van der Waals surface area contributed by atoms with Crippen LogP contribution in [0.5, 0.6) is 0 Å². The Hall–Kier alpha value is -3.28. The lowest BCUT2D eigenvalue weighted by atomic mass is 10.1. The average molecular weight is 498 g/mol. The van der Waals surface area contributed by atoms with E-state index in [-0.39, 0.29) is 5.70 Å². The van der Waals surface area contributed by atoms with Crippen LogP contribution in [0.1, 0.15) is 11.1 Å².